The van der Waals surface area contributed by atoms with Crippen molar-refractivity contribution in [3.63, 3.8) is 0 Å². The van der Waals surface area contributed by atoms with Crippen LogP contribution in [0.1, 0.15) is 13.8 Å². The van der Waals surface area contributed by atoms with Gasteiger partial charge in [-0.3, -0.25) is 0 Å². The maximum Gasteiger partial charge on any atom is 0.573 e. The van der Waals surface area contributed by atoms with E-state index in [-0.39, 0.29) is 23.7 Å². The van der Waals surface area contributed by atoms with Gasteiger partial charge in [0.2, 0.25) is 0 Å². The lowest BCUT2D eigenvalue weighted by Gasteiger charge is -2.13. The third-order valence-corrected chi connectivity index (χ3v) is 2.44. The molecule has 0 amide bonds. The number of nitrogens with zero attached hydrogens (tertiary/aromatic N) is 1. The van der Waals surface area contributed by atoms with Crippen molar-refractivity contribution < 1.29 is 17.9 Å². The lowest BCUT2D eigenvalue weighted by Crippen LogP contribution is -2.26. The molecule has 0 aliphatic carbocycles. The minimum Gasteiger partial charge on any atom is -0.406 e. The van der Waals surface area contributed by atoms with Crippen LogP contribution in [0.2, 0.25) is 0 Å². The Hall–Kier alpha value is -2.36. The van der Waals surface area contributed by atoms with E-state index < -0.39 is 6.36 Å². The predicted octanol–water partition coefficient (Wildman–Crippen LogP) is 2.97. The number of ether oxygens (including phenoxy) is 1. The molecule has 0 saturated heterocycles. The minimum absolute atomic E-state index is 0.0936. The van der Waals surface area contributed by atoms with Gasteiger partial charge in [0, 0.05) is 5.69 Å². The van der Waals surface area contributed by atoms with Gasteiger partial charge in [-0.15, -0.1) is 19.6 Å². The van der Waals surface area contributed by atoms with Crippen molar-refractivity contribution in [3.8, 4) is 18.1 Å². The Balaban J connectivity index is 2.72. The first kappa shape index (κ1) is 16.7. The van der Waals surface area contributed by atoms with E-state index in [4.69, 9.17) is 12.2 Å². The van der Waals surface area contributed by atoms with Crippen molar-refractivity contribution >= 4 is 11.6 Å². The molecule has 0 aliphatic rings. The van der Waals surface area contributed by atoms with Crippen LogP contribution in [0.25, 0.3) is 0 Å². The number of nitrogens with one attached hydrogen (secondary N) is 1. The average molecular weight is 299 g/mol. The molecule has 0 fully saturated rings. The third-order valence-electron chi connectivity index (χ3n) is 2.44. The quantitative estimate of drug-likeness (QED) is 0.510. The lowest BCUT2D eigenvalue weighted by molar-refractivity contribution is -0.274. The molecule has 1 atom stereocenters. The first-order chi connectivity index (χ1) is 9.71. The monoisotopic (exact) mass is 299 g/mol. The highest BCUT2D eigenvalue weighted by Crippen LogP contribution is 2.23. The fraction of sp³-hybridized carbons (Fsp3) is 0.357. The molecule has 7 heteroatoms. The first-order valence-corrected chi connectivity index (χ1v) is 6.13. The number of rotatable bonds is 4. The number of halogens is 3. The van der Waals surface area contributed by atoms with E-state index in [0.717, 1.165) is 0 Å². The van der Waals surface area contributed by atoms with Crippen LogP contribution >= 0.6 is 0 Å². The van der Waals surface area contributed by atoms with Crippen LogP contribution < -0.4 is 15.8 Å². The number of hydrogen-bond acceptors (Lipinski definition) is 2. The van der Waals surface area contributed by atoms with E-state index >= 15 is 0 Å². The highest BCUT2D eigenvalue weighted by Gasteiger charge is 2.30. The fourth-order valence-corrected chi connectivity index (χ4v) is 1.45. The highest BCUT2D eigenvalue weighted by atomic mass is 19.4. The van der Waals surface area contributed by atoms with Gasteiger partial charge < -0.3 is 15.8 Å². The summed E-state index contributed by atoms with van der Waals surface area (Å²) < 4.78 is 39.8. The number of aliphatic imine (C=N–C) groups is 1. The van der Waals surface area contributed by atoms with Crippen LogP contribution in [0.3, 0.4) is 0 Å². The Morgan fingerprint density at radius 1 is 1.33 bits per heavy atom. The van der Waals surface area contributed by atoms with Gasteiger partial charge in [-0.05, 0) is 30.2 Å². The highest BCUT2D eigenvalue weighted by molar-refractivity contribution is 5.92. The third kappa shape index (κ3) is 6.08. The van der Waals surface area contributed by atoms with Gasteiger partial charge in [-0.2, -0.15) is 0 Å². The zero-order valence-electron chi connectivity index (χ0n) is 11.6. The average Bonchev–Trinajstić information content (AvgIpc) is 2.36. The summed E-state index contributed by atoms with van der Waals surface area (Å²) in [6.07, 6.45) is 0.615. The molecule has 0 bridgehead atoms. The number of anilines is 1. The number of alkyl halides is 3. The van der Waals surface area contributed by atoms with Gasteiger partial charge in [0.25, 0.3) is 0 Å². The molecule has 1 aromatic carbocycles. The molecule has 21 heavy (non-hydrogen) atoms. The van der Waals surface area contributed by atoms with E-state index in [9.17, 15) is 13.2 Å². The Morgan fingerprint density at radius 2 is 1.90 bits per heavy atom. The van der Waals surface area contributed by atoms with Gasteiger partial charge in [-0.25, -0.2) is 4.99 Å². The van der Waals surface area contributed by atoms with Crippen molar-refractivity contribution in [1.82, 2.24) is 0 Å². The SMILES string of the molecule is C#CC(N=C(N)Nc1ccc(OC(F)(F)F)cc1)C(C)C. The zero-order valence-corrected chi connectivity index (χ0v) is 11.6. The summed E-state index contributed by atoms with van der Waals surface area (Å²) in [5.74, 6) is 2.40. The summed E-state index contributed by atoms with van der Waals surface area (Å²) in [7, 11) is 0. The maximum absolute atomic E-state index is 12.0. The van der Waals surface area contributed by atoms with Crippen molar-refractivity contribution in [3.05, 3.63) is 24.3 Å². The number of hydrogen-bond donors (Lipinski definition) is 2. The van der Waals surface area contributed by atoms with Crippen LogP contribution in [0, 0.1) is 18.3 Å². The van der Waals surface area contributed by atoms with Crippen molar-refractivity contribution in [1.29, 1.82) is 0 Å². The molecule has 0 aliphatic heterocycles. The van der Waals surface area contributed by atoms with Gasteiger partial charge >= 0.3 is 6.36 Å². The molecule has 0 heterocycles. The summed E-state index contributed by atoms with van der Waals surface area (Å²) in [6, 6.07) is 4.76. The molecule has 3 N–H and O–H groups in total. The van der Waals surface area contributed by atoms with Crippen LogP contribution in [-0.4, -0.2) is 18.4 Å². The van der Waals surface area contributed by atoms with Crippen LogP contribution in [0.15, 0.2) is 29.3 Å². The summed E-state index contributed by atoms with van der Waals surface area (Å²) in [5.41, 5.74) is 6.17. The molecule has 4 nitrogen and oxygen atoms in total. The molecule has 1 aromatic rings. The standard InChI is InChI=1S/C14H16F3N3O/c1-4-12(9(2)3)20-13(18)19-10-5-7-11(8-6-10)21-14(15,16)17/h1,5-9,12H,2-3H3,(H3,18,19,20). The van der Waals surface area contributed by atoms with Gasteiger partial charge in [0.05, 0.1) is 0 Å². The molecule has 114 valence electrons. The van der Waals surface area contributed by atoms with E-state index in [1.54, 1.807) is 0 Å². The molecule has 0 aromatic heterocycles. The van der Waals surface area contributed by atoms with Gasteiger partial charge in [0.15, 0.2) is 5.96 Å². The second-order valence-electron chi connectivity index (χ2n) is 4.57. The summed E-state index contributed by atoms with van der Waals surface area (Å²) in [5, 5.41) is 2.75. The smallest absolute Gasteiger partial charge is 0.406 e. The Bertz CT molecular complexity index is 530. The van der Waals surface area contributed by atoms with Crippen LogP contribution in [0.5, 0.6) is 5.75 Å². The van der Waals surface area contributed by atoms with Crippen molar-refractivity contribution in [2.45, 2.75) is 26.3 Å². The molecule has 1 rings (SSSR count). The topological polar surface area (TPSA) is 59.6 Å². The van der Waals surface area contributed by atoms with Gasteiger partial charge in [-0.1, -0.05) is 19.8 Å². The number of benzene rings is 1. The van der Waals surface area contributed by atoms with E-state index in [1.165, 1.54) is 24.3 Å². The minimum atomic E-state index is -4.72. The Kier molecular flexibility index (Phi) is 5.47. The lowest BCUT2D eigenvalue weighted by atomic mass is 10.1. The summed E-state index contributed by atoms with van der Waals surface area (Å²) >= 11 is 0. The van der Waals surface area contributed by atoms with Crippen LogP contribution in [-0.2, 0) is 0 Å². The maximum atomic E-state index is 12.0. The second-order valence-corrected chi connectivity index (χ2v) is 4.57. The van der Waals surface area contributed by atoms with E-state index in [2.05, 4.69) is 21.0 Å². The van der Waals surface area contributed by atoms with Crippen LogP contribution in [0.4, 0.5) is 18.9 Å². The predicted molar refractivity (Wildman–Crippen MR) is 75.8 cm³/mol. The normalized spacial score (nSPS) is 13.7. The first-order valence-electron chi connectivity index (χ1n) is 6.13. The molecule has 1 unspecified atom stereocenters. The Morgan fingerprint density at radius 3 is 2.33 bits per heavy atom. The summed E-state index contributed by atoms with van der Waals surface area (Å²) in [6.45, 7) is 3.81. The second kappa shape index (κ2) is 6.88. The number of guanidine groups is 1. The summed E-state index contributed by atoms with van der Waals surface area (Å²) in [4.78, 5) is 4.11. The Labute approximate surface area is 121 Å². The fourth-order valence-electron chi connectivity index (χ4n) is 1.45. The molecule has 0 saturated carbocycles. The van der Waals surface area contributed by atoms with Gasteiger partial charge in [0.1, 0.15) is 11.8 Å². The largest absolute Gasteiger partial charge is 0.573 e. The van der Waals surface area contributed by atoms with E-state index in [1.807, 2.05) is 13.8 Å². The molecular formula is C14H16F3N3O. The zero-order chi connectivity index (χ0) is 16.0. The number of terminal acetylenes is 1. The number of nitrogens with two attached hydrogens (primary N) is 1. The van der Waals surface area contributed by atoms with Crippen molar-refractivity contribution in [2.75, 3.05) is 5.32 Å². The molecular weight excluding hydrogens is 283 g/mol. The van der Waals surface area contributed by atoms with E-state index in [0.29, 0.717) is 5.69 Å². The molecule has 0 radical (unpaired) electrons. The van der Waals surface area contributed by atoms with Crippen molar-refractivity contribution in [2.24, 2.45) is 16.6 Å². The molecule has 0 spiro atoms.